The SMILES string of the molecule is CC(C)(C)OC(=O)N1CCC(N(c2c([N+](=O)[O-])cnc3[nH]ccc23)S(=O)(=O)c2ccccc2)C1. The van der Waals surface area contributed by atoms with E-state index in [9.17, 15) is 23.3 Å². The highest BCUT2D eigenvalue weighted by atomic mass is 32.2. The van der Waals surface area contributed by atoms with Crippen LogP contribution in [-0.4, -0.2) is 59.0 Å². The van der Waals surface area contributed by atoms with E-state index >= 15 is 0 Å². The number of H-pyrrole nitrogens is 1. The Hall–Kier alpha value is -3.67. The molecular formula is C22H25N5O6S. The number of hydrogen-bond donors (Lipinski definition) is 1. The third-order valence-corrected chi connectivity index (χ3v) is 7.27. The number of pyridine rings is 1. The number of rotatable bonds is 5. The first-order valence-electron chi connectivity index (χ1n) is 10.7. The Morgan fingerprint density at radius 1 is 1.26 bits per heavy atom. The molecule has 1 N–H and O–H groups in total. The van der Waals surface area contributed by atoms with Crippen LogP contribution in [0.25, 0.3) is 11.0 Å². The van der Waals surface area contributed by atoms with Crippen LogP contribution in [0.1, 0.15) is 27.2 Å². The number of carbonyl (C=O) groups excluding carboxylic acids is 1. The molecule has 1 aliphatic heterocycles. The first-order chi connectivity index (χ1) is 16.0. The Kier molecular flexibility index (Phi) is 5.94. The van der Waals surface area contributed by atoms with Gasteiger partial charge in [-0.25, -0.2) is 18.2 Å². The minimum atomic E-state index is -4.24. The van der Waals surface area contributed by atoms with Crippen molar-refractivity contribution in [3.05, 3.63) is 58.9 Å². The number of likely N-dealkylation sites (tertiary alicyclic amines) is 1. The van der Waals surface area contributed by atoms with Crippen molar-refractivity contribution in [2.45, 2.75) is 43.7 Å². The van der Waals surface area contributed by atoms with E-state index in [1.54, 1.807) is 51.2 Å². The monoisotopic (exact) mass is 487 g/mol. The van der Waals surface area contributed by atoms with Crippen LogP contribution in [0, 0.1) is 10.1 Å². The lowest BCUT2D eigenvalue weighted by Gasteiger charge is -2.30. The largest absolute Gasteiger partial charge is 0.444 e. The van der Waals surface area contributed by atoms with Crippen LogP contribution < -0.4 is 4.31 Å². The van der Waals surface area contributed by atoms with Crippen molar-refractivity contribution in [3.63, 3.8) is 0 Å². The van der Waals surface area contributed by atoms with E-state index in [0.717, 1.165) is 10.5 Å². The molecule has 0 saturated carbocycles. The number of nitrogens with zero attached hydrogens (tertiary/aromatic N) is 4. The minimum Gasteiger partial charge on any atom is -0.444 e. The van der Waals surface area contributed by atoms with E-state index in [1.807, 2.05) is 0 Å². The molecule has 1 fully saturated rings. The van der Waals surface area contributed by atoms with E-state index in [2.05, 4.69) is 9.97 Å². The summed E-state index contributed by atoms with van der Waals surface area (Å²) in [5, 5.41) is 12.2. The summed E-state index contributed by atoms with van der Waals surface area (Å²) in [6.45, 7) is 5.50. The molecule has 1 unspecified atom stereocenters. The van der Waals surface area contributed by atoms with Crippen LogP contribution in [0.3, 0.4) is 0 Å². The highest BCUT2D eigenvalue weighted by molar-refractivity contribution is 7.93. The molecule has 3 aromatic rings. The number of nitrogens with one attached hydrogen (secondary N) is 1. The fraction of sp³-hybridized carbons (Fsp3) is 0.364. The van der Waals surface area contributed by atoms with E-state index in [4.69, 9.17) is 4.74 Å². The molecule has 0 aliphatic carbocycles. The molecule has 1 aliphatic rings. The molecule has 4 rings (SSSR count). The van der Waals surface area contributed by atoms with Crippen molar-refractivity contribution < 1.29 is 22.9 Å². The Balaban J connectivity index is 1.85. The van der Waals surface area contributed by atoms with Gasteiger partial charge >= 0.3 is 11.8 Å². The zero-order valence-corrected chi connectivity index (χ0v) is 19.8. The highest BCUT2D eigenvalue weighted by Crippen LogP contribution is 2.40. The lowest BCUT2D eigenvalue weighted by atomic mass is 10.2. The molecule has 0 spiro atoms. The second kappa shape index (κ2) is 8.60. The fourth-order valence-electron chi connectivity index (χ4n) is 3.98. The molecule has 0 bridgehead atoms. The number of carbonyl (C=O) groups is 1. The summed E-state index contributed by atoms with van der Waals surface area (Å²) in [6.07, 6.45) is 2.29. The maximum atomic E-state index is 13.9. The van der Waals surface area contributed by atoms with Crippen molar-refractivity contribution in [3.8, 4) is 0 Å². The summed E-state index contributed by atoms with van der Waals surface area (Å²) in [6, 6.07) is 8.52. The molecule has 180 valence electrons. The summed E-state index contributed by atoms with van der Waals surface area (Å²) in [4.78, 5) is 32.3. The van der Waals surface area contributed by atoms with Gasteiger partial charge in [-0.15, -0.1) is 0 Å². The third-order valence-electron chi connectivity index (χ3n) is 5.40. The van der Waals surface area contributed by atoms with Crippen LogP contribution in [0.15, 0.2) is 53.7 Å². The molecule has 1 atom stereocenters. The molecule has 2 aromatic heterocycles. The van der Waals surface area contributed by atoms with Crippen molar-refractivity contribution in [1.29, 1.82) is 0 Å². The first-order valence-corrected chi connectivity index (χ1v) is 12.1. The van der Waals surface area contributed by atoms with Gasteiger partial charge in [-0.2, -0.15) is 0 Å². The van der Waals surface area contributed by atoms with Crippen LogP contribution in [0.2, 0.25) is 0 Å². The number of aromatic amines is 1. The molecule has 3 heterocycles. The van der Waals surface area contributed by atoms with Gasteiger partial charge in [0.25, 0.3) is 10.0 Å². The molecule has 1 aromatic carbocycles. The third kappa shape index (κ3) is 4.40. The van der Waals surface area contributed by atoms with Gasteiger partial charge in [0, 0.05) is 19.3 Å². The molecule has 34 heavy (non-hydrogen) atoms. The number of fused-ring (bicyclic) bond motifs is 1. The van der Waals surface area contributed by atoms with E-state index in [-0.39, 0.29) is 30.1 Å². The van der Waals surface area contributed by atoms with E-state index in [0.29, 0.717) is 11.0 Å². The van der Waals surface area contributed by atoms with Crippen molar-refractivity contribution >= 4 is 38.5 Å². The second-order valence-electron chi connectivity index (χ2n) is 8.97. The van der Waals surface area contributed by atoms with Crippen LogP contribution >= 0.6 is 0 Å². The summed E-state index contributed by atoms with van der Waals surface area (Å²) >= 11 is 0. The Bertz CT molecular complexity index is 1330. The number of amides is 1. The zero-order valence-electron chi connectivity index (χ0n) is 19.0. The molecule has 1 amide bonds. The van der Waals surface area contributed by atoms with Gasteiger partial charge in [0.2, 0.25) is 0 Å². The smallest absolute Gasteiger partial charge is 0.410 e. The standard InChI is InChI=1S/C22H25N5O6S/c1-22(2,3)33-21(28)25-12-10-15(14-25)26(34(31,32)16-7-5-4-6-8-16)19-17-9-11-23-20(17)24-13-18(19)27(29)30/h4-9,11,13,15H,10,12,14H2,1-3H3,(H,23,24). The highest BCUT2D eigenvalue weighted by Gasteiger charge is 2.42. The number of hydrogen-bond acceptors (Lipinski definition) is 7. The van der Waals surface area contributed by atoms with Gasteiger partial charge in [0.1, 0.15) is 23.1 Å². The number of ether oxygens (including phenoxy) is 1. The lowest BCUT2D eigenvalue weighted by Crippen LogP contribution is -2.44. The lowest BCUT2D eigenvalue weighted by molar-refractivity contribution is -0.384. The van der Waals surface area contributed by atoms with E-state index in [1.165, 1.54) is 17.0 Å². The second-order valence-corrected chi connectivity index (χ2v) is 10.8. The number of sulfonamides is 1. The van der Waals surface area contributed by atoms with Crippen molar-refractivity contribution in [1.82, 2.24) is 14.9 Å². The van der Waals surface area contributed by atoms with Crippen molar-refractivity contribution in [2.24, 2.45) is 0 Å². The summed E-state index contributed by atoms with van der Waals surface area (Å²) < 4.78 is 34.3. The number of benzene rings is 1. The molecule has 0 radical (unpaired) electrons. The van der Waals surface area contributed by atoms with Gasteiger partial charge in [0.15, 0.2) is 0 Å². The number of anilines is 1. The average molecular weight is 488 g/mol. The van der Waals surface area contributed by atoms with Gasteiger partial charge in [-0.3, -0.25) is 14.4 Å². The van der Waals surface area contributed by atoms with Crippen LogP contribution in [-0.2, 0) is 14.8 Å². The zero-order chi connectivity index (χ0) is 24.7. The molecule has 1 saturated heterocycles. The van der Waals surface area contributed by atoms with Gasteiger partial charge < -0.3 is 14.6 Å². The average Bonchev–Trinajstić information content (AvgIpc) is 3.43. The summed E-state index contributed by atoms with van der Waals surface area (Å²) in [7, 11) is -4.24. The quantitative estimate of drug-likeness (QED) is 0.428. The Morgan fingerprint density at radius 2 is 1.97 bits per heavy atom. The Labute approximate surface area is 196 Å². The van der Waals surface area contributed by atoms with Crippen molar-refractivity contribution in [2.75, 3.05) is 17.4 Å². The van der Waals surface area contributed by atoms with Gasteiger partial charge in [-0.05, 0) is 45.4 Å². The fourth-order valence-corrected chi connectivity index (χ4v) is 5.70. The van der Waals surface area contributed by atoms with E-state index < -0.39 is 38.4 Å². The van der Waals surface area contributed by atoms with Gasteiger partial charge in [-0.1, -0.05) is 18.2 Å². The van der Waals surface area contributed by atoms with Crippen LogP contribution in [0.5, 0.6) is 0 Å². The minimum absolute atomic E-state index is 0.0134. The van der Waals surface area contributed by atoms with Gasteiger partial charge in [0.05, 0.1) is 21.2 Å². The normalized spacial score (nSPS) is 16.6. The Morgan fingerprint density at radius 3 is 2.62 bits per heavy atom. The van der Waals surface area contributed by atoms with Crippen LogP contribution in [0.4, 0.5) is 16.2 Å². The molecular weight excluding hydrogens is 462 g/mol. The summed E-state index contributed by atoms with van der Waals surface area (Å²) in [5.41, 5.74) is -0.930. The number of aromatic nitrogens is 2. The first kappa shape index (κ1) is 23.5. The topological polar surface area (TPSA) is 139 Å². The maximum Gasteiger partial charge on any atom is 0.410 e. The summed E-state index contributed by atoms with van der Waals surface area (Å²) in [5.74, 6) is 0. The predicted molar refractivity (Wildman–Crippen MR) is 125 cm³/mol. The molecule has 12 heteroatoms. The maximum absolute atomic E-state index is 13.9. The number of nitro groups is 1. The predicted octanol–water partition coefficient (Wildman–Crippen LogP) is 3.68. The molecule has 11 nitrogen and oxygen atoms in total.